The van der Waals surface area contributed by atoms with Crippen LogP contribution in [0.25, 0.3) is 0 Å². The number of hydrogen-bond acceptors (Lipinski definition) is 3. The van der Waals surface area contributed by atoms with Crippen molar-refractivity contribution in [1.82, 2.24) is 10.6 Å². The van der Waals surface area contributed by atoms with Crippen LogP contribution in [0.1, 0.15) is 24.3 Å². The van der Waals surface area contributed by atoms with Gasteiger partial charge in [0.15, 0.2) is 0 Å². The van der Waals surface area contributed by atoms with Crippen LogP contribution in [-0.4, -0.2) is 32.0 Å². The number of nitrogens with one attached hydrogen (secondary N) is 3. The lowest BCUT2D eigenvalue weighted by atomic mass is 9.98. The van der Waals surface area contributed by atoms with Gasteiger partial charge in [-0.1, -0.05) is 24.8 Å². The van der Waals surface area contributed by atoms with Gasteiger partial charge in [-0.25, -0.2) is 0 Å². The molecule has 1 aromatic carbocycles. The Morgan fingerprint density at radius 1 is 1.38 bits per heavy atom. The zero-order valence-corrected chi connectivity index (χ0v) is 12.0. The molecule has 1 aliphatic heterocycles. The Bertz CT molecular complexity index is 528. The predicted octanol–water partition coefficient (Wildman–Crippen LogP) is 1.39. The van der Waals surface area contributed by atoms with Crippen LogP contribution in [0.2, 0.25) is 0 Å². The van der Waals surface area contributed by atoms with Crippen LogP contribution in [-0.2, 0) is 9.59 Å². The summed E-state index contributed by atoms with van der Waals surface area (Å²) in [6.45, 7) is 5.71. The molecule has 2 rings (SSSR count). The Morgan fingerprint density at radius 2 is 2.19 bits per heavy atom. The first-order valence-electron chi connectivity index (χ1n) is 7.18. The third-order valence-corrected chi connectivity index (χ3v) is 3.69. The van der Waals surface area contributed by atoms with Gasteiger partial charge in [-0.2, -0.15) is 0 Å². The molecule has 1 aliphatic rings. The molecule has 5 nitrogen and oxygen atoms in total. The Morgan fingerprint density at radius 3 is 3.00 bits per heavy atom. The molecular formula is C16H21N3O2. The third-order valence-electron chi connectivity index (χ3n) is 3.69. The largest absolute Gasteiger partial charge is 0.384 e. The van der Waals surface area contributed by atoms with Crippen molar-refractivity contribution < 1.29 is 9.59 Å². The molecule has 112 valence electrons. The van der Waals surface area contributed by atoms with E-state index in [0.29, 0.717) is 37.4 Å². The molecule has 0 saturated carbocycles. The minimum atomic E-state index is -0.137. The fourth-order valence-corrected chi connectivity index (χ4v) is 2.50. The van der Waals surface area contributed by atoms with Crippen molar-refractivity contribution in [3.8, 4) is 0 Å². The van der Waals surface area contributed by atoms with Crippen LogP contribution in [0.4, 0.5) is 5.69 Å². The second-order valence-electron chi connectivity index (χ2n) is 5.14. The van der Waals surface area contributed by atoms with Gasteiger partial charge in [0, 0.05) is 36.8 Å². The van der Waals surface area contributed by atoms with Crippen molar-refractivity contribution in [2.24, 2.45) is 0 Å². The fourth-order valence-electron chi connectivity index (χ4n) is 2.50. The van der Waals surface area contributed by atoms with Gasteiger partial charge in [-0.05, 0) is 24.5 Å². The highest BCUT2D eigenvalue weighted by Crippen LogP contribution is 2.32. The van der Waals surface area contributed by atoms with Crippen LogP contribution in [0.3, 0.4) is 0 Å². The van der Waals surface area contributed by atoms with E-state index in [2.05, 4.69) is 34.7 Å². The lowest BCUT2D eigenvalue weighted by Gasteiger charge is -2.12. The van der Waals surface area contributed by atoms with Crippen LogP contribution in [0, 0.1) is 0 Å². The number of benzene rings is 1. The van der Waals surface area contributed by atoms with Gasteiger partial charge in [0.25, 0.3) is 0 Å². The van der Waals surface area contributed by atoms with Crippen molar-refractivity contribution in [3.63, 3.8) is 0 Å². The maximum absolute atomic E-state index is 11.8. The highest BCUT2D eigenvalue weighted by Gasteiger charge is 2.21. The lowest BCUT2D eigenvalue weighted by Crippen LogP contribution is -2.28. The van der Waals surface area contributed by atoms with E-state index in [4.69, 9.17) is 0 Å². The summed E-state index contributed by atoms with van der Waals surface area (Å²) in [6.07, 6.45) is 1.99. The number of hydrogen-bond donors (Lipinski definition) is 3. The number of carbonyl (C=O) groups is 2. The van der Waals surface area contributed by atoms with Crippen molar-refractivity contribution in [2.75, 3.05) is 25.0 Å². The number of carbonyl (C=O) groups excluding carboxylic acids is 2. The molecule has 3 N–H and O–H groups in total. The minimum Gasteiger partial charge on any atom is -0.384 e. The molecule has 0 spiro atoms. The van der Waals surface area contributed by atoms with Crippen LogP contribution in [0.5, 0.6) is 0 Å². The smallest absolute Gasteiger partial charge is 0.246 e. The Balaban J connectivity index is 1.71. The second kappa shape index (κ2) is 7.47. The molecule has 0 radical (unpaired) electrons. The molecule has 0 saturated heterocycles. The Labute approximate surface area is 124 Å². The first-order valence-corrected chi connectivity index (χ1v) is 7.18. The number of anilines is 1. The summed E-state index contributed by atoms with van der Waals surface area (Å²) in [4.78, 5) is 21.9. The average Bonchev–Trinajstić information content (AvgIpc) is 2.91. The van der Waals surface area contributed by atoms with Crippen LogP contribution in [0.15, 0.2) is 36.4 Å². The molecule has 1 unspecified atom stereocenters. The summed E-state index contributed by atoms with van der Waals surface area (Å²) in [5.41, 5.74) is 3.01. The maximum Gasteiger partial charge on any atom is 0.246 e. The molecular weight excluding hydrogens is 266 g/mol. The number of para-hydroxylation sites is 1. The van der Waals surface area contributed by atoms with E-state index >= 15 is 0 Å². The molecule has 1 atom stereocenters. The van der Waals surface area contributed by atoms with Crippen molar-refractivity contribution in [1.29, 1.82) is 0 Å². The van der Waals surface area contributed by atoms with E-state index < -0.39 is 0 Å². The SMILES string of the molecule is C=C(CCNC=O)C(=O)NCCC1CNc2ccccc21. The molecule has 0 fully saturated rings. The van der Waals surface area contributed by atoms with Crippen LogP contribution < -0.4 is 16.0 Å². The zero-order chi connectivity index (χ0) is 15.1. The number of rotatable bonds is 8. The van der Waals surface area contributed by atoms with Crippen molar-refractivity contribution >= 4 is 18.0 Å². The Hall–Kier alpha value is -2.30. The van der Waals surface area contributed by atoms with E-state index in [1.54, 1.807) is 0 Å². The normalized spacial score (nSPS) is 15.7. The van der Waals surface area contributed by atoms with E-state index in [9.17, 15) is 9.59 Å². The fraction of sp³-hybridized carbons (Fsp3) is 0.375. The number of amides is 2. The summed E-state index contributed by atoms with van der Waals surface area (Å²) in [5.74, 6) is 0.299. The standard InChI is InChI=1S/C16H21N3O2/c1-12(6-8-17-11-20)16(21)18-9-7-13-10-19-15-5-3-2-4-14(13)15/h2-5,11,13,19H,1,6-10H2,(H,17,20)(H,18,21). The van der Waals surface area contributed by atoms with E-state index in [1.807, 2.05) is 12.1 Å². The maximum atomic E-state index is 11.8. The van der Waals surface area contributed by atoms with Gasteiger partial charge in [-0.15, -0.1) is 0 Å². The topological polar surface area (TPSA) is 70.2 Å². The summed E-state index contributed by atoms with van der Waals surface area (Å²) < 4.78 is 0. The van der Waals surface area contributed by atoms with E-state index in [0.717, 1.165) is 13.0 Å². The highest BCUT2D eigenvalue weighted by molar-refractivity contribution is 5.92. The predicted molar refractivity (Wildman–Crippen MR) is 83.1 cm³/mol. The van der Waals surface area contributed by atoms with Crippen molar-refractivity contribution in [3.05, 3.63) is 42.0 Å². The van der Waals surface area contributed by atoms with Gasteiger partial charge in [-0.3, -0.25) is 9.59 Å². The molecule has 0 bridgehead atoms. The first-order chi connectivity index (χ1) is 10.2. The molecule has 0 aliphatic carbocycles. The van der Waals surface area contributed by atoms with Gasteiger partial charge < -0.3 is 16.0 Å². The zero-order valence-electron chi connectivity index (χ0n) is 12.0. The second-order valence-corrected chi connectivity index (χ2v) is 5.14. The number of fused-ring (bicyclic) bond motifs is 1. The summed E-state index contributed by atoms with van der Waals surface area (Å²) in [7, 11) is 0. The average molecular weight is 287 g/mol. The van der Waals surface area contributed by atoms with E-state index in [1.165, 1.54) is 11.3 Å². The molecule has 5 heteroatoms. The van der Waals surface area contributed by atoms with Crippen molar-refractivity contribution in [2.45, 2.75) is 18.8 Å². The lowest BCUT2D eigenvalue weighted by molar-refractivity contribution is -0.117. The summed E-state index contributed by atoms with van der Waals surface area (Å²) in [6, 6.07) is 8.27. The third kappa shape index (κ3) is 4.08. The summed E-state index contributed by atoms with van der Waals surface area (Å²) in [5, 5.41) is 8.77. The molecule has 2 amide bonds. The monoisotopic (exact) mass is 287 g/mol. The van der Waals surface area contributed by atoms with E-state index in [-0.39, 0.29) is 5.91 Å². The Kier molecular flexibility index (Phi) is 5.37. The first kappa shape index (κ1) is 15.1. The molecule has 1 heterocycles. The summed E-state index contributed by atoms with van der Waals surface area (Å²) >= 11 is 0. The minimum absolute atomic E-state index is 0.137. The van der Waals surface area contributed by atoms with Gasteiger partial charge in [0.2, 0.25) is 12.3 Å². The molecule has 1 aromatic rings. The molecule has 0 aromatic heterocycles. The quantitative estimate of drug-likeness (QED) is 0.384. The highest BCUT2D eigenvalue weighted by atomic mass is 16.1. The van der Waals surface area contributed by atoms with Gasteiger partial charge >= 0.3 is 0 Å². The molecule has 21 heavy (non-hydrogen) atoms. The van der Waals surface area contributed by atoms with Crippen LogP contribution >= 0.6 is 0 Å². The van der Waals surface area contributed by atoms with Gasteiger partial charge in [0.1, 0.15) is 0 Å². The van der Waals surface area contributed by atoms with Gasteiger partial charge in [0.05, 0.1) is 0 Å².